The summed E-state index contributed by atoms with van der Waals surface area (Å²) in [4.78, 5) is 0. The Balaban J connectivity index is 1.83. The SMILES string of the molecule is CC(O)CCOc1ccc(CNC2CC2)cc1F. The average Bonchev–Trinajstić information content (AvgIpc) is 3.12. The van der Waals surface area contributed by atoms with Crippen molar-refractivity contribution in [1.29, 1.82) is 0 Å². The molecular weight excluding hydrogens is 233 g/mol. The lowest BCUT2D eigenvalue weighted by molar-refractivity contribution is 0.154. The molecule has 100 valence electrons. The fourth-order valence-corrected chi connectivity index (χ4v) is 1.66. The molecule has 1 fully saturated rings. The van der Waals surface area contributed by atoms with E-state index in [-0.39, 0.29) is 11.6 Å². The van der Waals surface area contributed by atoms with E-state index in [4.69, 9.17) is 9.84 Å². The fourth-order valence-electron chi connectivity index (χ4n) is 1.66. The van der Waals surface area contributed by atoms with Gasteiger partial charge in [-0.1, -0.05) is 6.07 Å². The van der Waals surface area contributed by atoms with Gasteiger partial charge >= 0.3 is 0 Å². The van der Waals surface area contributed by atoms with Crippen LogP contribution in [-0.2, 0) is 6.54 Å². The molecule has 1 aromatic carbocycles. The second kappa shape index (κ2) is 6.16. The Labute approximate surface area is 107 Å². The van der Waals surface area contributed by atoms with Crippen LogP contribution in [0.1, 0.15) is 31.7 Å². The van der Waals surface area contributed by atoms with Crippen molar-refractivity contribution in [3.63, 3.8) is 0 Å². The molecule has 2 N–H and O–H groups in total. The number of aliphatic hydroxyl groups is 1. The maximum absolute atomic E-state index is 13.7. The normalized spacial score (nSPS) is 16.6. The first kappa shape index (κ1) is 13.3. The second-order valence-electron chi connectivity index (χ2n) is 4.91. The smallest absolute Gasteiger partial charge is 0.165 e. The maximum Gasteiger partial charge on any atom is 0.165 e. The lowest BCUT2D eigenvalue weighted by atomic mass is 10.2. The molecule has 0 heterocycles. The average molecular weight is 253 g/mol. The molecule has 1 aliphatic rings. The van der Waals surface area contributed by atoms with Gasteiger partial charge in [-0.2, -0.15) is 0 Å². The van der Waals surface area contributed by atoms with Gasteiger partial charge in [0.05, 0.1) is 12.7 Å². The van der Waals surface area contributed by atoms with Crippen molar-refractivity contribution in [3.05, 3.63) is 29.6 Å². The Bertz CT molecular complexity index is 391. The Kier molecular flexibility index (Phi) is 4.55. The highest BCUT2D eigenvalue weighted by molar-refractivity contribution is 5.29. The predicted molar refractivity (Wildman–Crippen MR) is 68.1 cm³/mol. The summed E-state index contributed by atoms with van der Waals surface area (Å²) in [5.74, 6) is -0.0819. The van der Waals surface area contributed by atoms with E-state index in [1.165, 1.54) is 18.9 Å². The molecular formula is C14H20FNO2. The molecule has 18 heavy (non-hydrogen) atoms. The summed E-state index contributed by atoms with van der Waals surface area (Å²) in [5, 5.41) is 12.4. The summed E-state index contributed by atoms with van der Waals surface area (Å²) in [6.45, 7) is 2.72. The van der Waals surface area contributed by atoms with Crippen LogP contribution in [0.3, 0.4) is 0 Å². The summed E-state index contributed by atoms with van der Waals surface area (Å²) >= 11 is 0. The topological polar surface area (TPSA) is 41.5 Å². The van der Waals surface area contributed by atoms with Crippen molar-refractivity contribution in [2.75, 3.05) is 6.61 Å². The molecule has 1 aliphatic carbocycles. The first-order chi connectivity index (χ1) is 8.65. The summed E-state index contributed by atoms with van der Waals surface area (Å²) in [6.07, 6.45) is 2.53. The molecule has 0 saturated heterocycles. The summed E-state index contributed by atoms with van der Waals surface area (Å²) in [5.41, 5.74) is 0.933. The molecule has 0 spiro atoms. The molecule has 4 heteroatoms. The maximum atomic E-state index is 13.7. The third-order valence-corrected chi connectivity index (χ3v) is 2.96. The van der Waals surface area contributed by atoms with Gasteiger partial charge in [0.25, 0.3) is 0 Å². The fraction of sp³-hybridized carbons (Fsp3) is 0.571. The van der Waals surface area contributed by atoms with Crippen molar-refractivity contribution >= 4 is 0 Å². The molecule has 3 nitrogen and oxygen atoms in total. The van der Waals surface area contributed by atoms with Crippen LogP contribution in [0.4, 0.5) is 4.39 Å². The minimum Gasteiger partial charge on any atom is -0.490 e. The first-order valence-electron chi connectivity index (χ1n) is 6.48. The van der Waals surface area contributed by atoms with E-state index >= 15 is 0 Å². The third kappa shape index (κ3) is 4.27. The summed E-state index contributed by atoms with van der Waals surface area (Å²) in [7, 11) is 0. The summed E-state index contributed by atoms with van der Waals surface area (Å²) < 4.78 is 19.0. The van der Waals surface area contributed by atoms with Crippen LogP contribution in [0.15, 0.2) is 18.2 Å². The molecule has 1 unspecified atom stereocenters. The van der Waals surface area contributed by atoms with E-state index in [0.29, 0.717) is 25.6 Å². The highest BCUT2D eigenvalue weighted by atomic mass is 19.1. The van der Waals surface area contributed by atoms with E-state index in [2.05, 4.69) is 5.32 Å². The van der Waals surface area contributed by atoms with E-state index < -0.39 is 6.10 Å². The first-order valence-corrected chi connectivity index (χ1v) is 6.48. The van der Waals surface area contributed by atoms with E-state index in [9.17, 15) is 4.39 Å². The number of halogens is 1. The standard InChI is InChI=1S/C14H20FNO2/c1-10(17)6-7-18-14-5-2-11(8-13(14)15)9-16-12-3-4-12/h2,5,8,10,12,16-17H,3-4,6-7,9H2,1H3. The second-order valence-corrected chi connectivity index (χ2v) is 4.91. The highest BCUT2D eigenvalue weighted by Gasteiger charge is 2.20. The Morgan fingerprint density at radius 3 is 2.89 bits per heavy atom. The van der Waals surface area contributed by atoms with Gasteiger partial charge in [0.1, 0.15) is 0 Å². The molecule has 2 rings (SSSR count). The van der Waals surface area contributed by atoms with E-state index in [0.717, 1.165) is 5.56 Å². The van der Waals surface area contributed by atoms with Crippen LogP contribution in [0, 0.1) is 5.82 Å². The number of rotatable bonds is 7. The molecule has 0 aliphatic heterocycles. The van der Waals surface area contributed by atoms with E-state index in [1.54, 1.807) is 13.0 Å². The van der Waals surface area contributed by atoms with Gasteiger partial charge in [-0.15, -0.1) is 0 Å². The zero-order valence-electron chi connectivity index (χ0n) is 10.7. The van der Waals surface area contributed by atoms with Gasteiger partial charge in [-0.05, 0) is 37.5 Å². The number of nitrogens with one attached hydrogen (secondary N) is 1. The molecule has 0 radical (unpaired) electrons. The molecule has 0 amide bonds. The molecule has 1 atom stereocenters. The molecule has 1 aromatic rings. The van der Waals surface area contributed by atoms with Gasteiger partial charge in [-0.3, -0.25) is 0 Å². The molecule has 0 aromatic heterocycles. The predicted octanol–water partition coefficient (Wildman–Crippen LogP) is 2.23. The Morgan fingerprint density at radius 1 is 1.50 bits per heavy atom. The van der Waals surface area contributed by atoms with Gasteiger partial charge in [0.15, 0.2) is 11.6 Å². The van der Waals surface area contributed by atoms with Gasteiger partial charge in [0.2, 0.25) is 0 Å². The third-order valence-electron chi connectivity index (χ3n) is 2.96. The van der Waals surface area contributed by atoms with Crippen molar-refractivity contribution in [1.82, 2.24) is 5.32 Å². The van der Waals surface area contributed by atoms with Crippen LogP contribution in [0.25, 0.3) is 0 Å². The minimum absolute atomic E-state index is 0.255. The monoisotopic (exact) mass is 253 g/mol. The van der Waals surface area contributed by atoms with Gasteiger partial charge in [0, 0.05) is 19.0 Å². The quantitative estimate of drug-likeness (QED) is 0.783. The van der Waals surface area contributed by atoms with Crippen LogP contribution in [-0.4, -0.2) is 23.9 Å². The Morgan fingerprint density at radius 2 is 2.28 bits per heavy atom. The number of hydrogen-bond donors (Lipinski definition) is 2. The largest absolute Gasteiger partial charge is 0.490 e. The lowest BCUT2D eigenvalue weighted by Crippen LogP contribution is -2.15. The van der Waals surface area contributed by atoms with Crippen LogP contribution >= 0.6 is 0 Å². The van der Waals surface area contributed by atoms with Gasteiger partial charge < -0.3 is 15.2 Å². The van der Waals surface area contributed by atoms with Crippen molar-refractivity contribution in [2.45, 2.75) is 44.9 Å². The zero-order valence-corrected chi connectivity index (χ0v) is 10.7. The lowest BCUT2D eigenvalue weighted by Gasteiger charge is -2.10. The van der Waals surface area contributed by atoms with Crippen molar-refractivity contribution < 1.29 is 14.2 Å². The van der Waals surface area contributed by atoms with Gasteiger partial charge in [-0.25, -0.2) is 4.39 Å². The van der Waals surface area contributed by atoms with E-state index in [1.807, 2.05) is 6.07 Å². The number of aliphatic hydroxyl groups excluding tert-OH is 1. The number of benzene rings is 1. The molecule has 0 bridgehead atoms. The zero-order chi connectivity index (χ0) is 13.0. The van der Waals surface area contributed by atoms with Crippen LogP contribution < -0.4 is 10.1 Å². The Hall–Kier alpha value is -1.13. The van der Waals surface area contributed by atoms with Crippen LogP contribution in [0.5, 0.6) is 5.75 Å². The summed E-state index contributed by atoms with van der Waals surface area (Å²) in [6, 6.07) is 5.65. The highest BCUT2D eigenvalue weighted by Crippen LogP contribution is 2.21. The number of ether oxygens (including phenoxy) is 1. The van der Waals surface area contributed by atoms with Crippen molar-refractivity contribution in [2.24, 2.45) is 0 Å². The number of hydrogen-bond acceptors (Lipinski definition) is 3. The minimum atomic E-state index is -0.421. The van der Waals surface area contributed by atoms with Crippen molar-refractivity contribution in [3.8, 4) is 5.75 Å². The molecule has 1 saturated carbocycles. The van der Waals surface area contributed by atoms with Crippen LogP contribution in [0.2, 0.25) is 0 Å².